The molecule has 0 radical (unpaired) electrons. The smallest absolute Gasteiger partial charge is 0.203 e. The Hall–Kier alpha value is -1.51. The second-order valence-electron chi connectivity index (χ2n) is 5.34. The molecule has 110 valence electrons. The summed E-state index contributed by atoms with van der Waals surface area (Å²) in [5, 5.41) is 0. The first-order valence-corrected chi connectivity index (χ1v) is 7.74. The minimum atomic E-state index is 0.0543. The lowest BCUT2D eigenvalue weighted by molar-refractivity contribution is 0.0961. The van der Waals surface area contributed by atoms with Gasteiger partial charge in [0.1, 0.15) is 11.5 Å². The Kier molecular flexibility index (Phi) is 5.90. The average molecular weight is 276 g/mol. The number of ether oxygens (including phenoxy) is 2. The number of Topliss-reactive ketones (excluding diaryl/α,β-unsaturated/α-hetero) is 1. The highest BCUT2D eigenvalue weighted by Crippen LogP contribution is 2.29. The molecule has 0 aliphatic carbocycles. The molecule has 3 heteroatoms. The zero-order valence-electron chi connectivity index (χ0n) is 12.3. The first-order chi connectivity index (χ1) is 9.81. The number of hydrogen-bond acceptors (Lipinski definition) is 3. The molecule has 0 fully saturated rings. The van der Waals surface area contributed by atoms with Gasteiger partial charge in [0.2, 0.25) is 5.78 Å². The summed E-state index contributed by atoms with van der Waals surface area (Å²) < 4.78 is 11.0. The molecule has 3 nitrogen and oxygen atoms in total. The zero-order valence-corrected chi connectivity index (χ0v) is 12.3. The predicted molar refractivity (Wildman–Crippen MR) is 79.8 cm³/mol. The molecule has 2 rings (SSSR count). The summed E-state index contributed by atoms with van der Waals surface area (Å²) in [6.07, 6.45) is 8.95. The monoisotopic (exact) mass is 276 g/mol. The molecule has 0 N–H and O–H groups in total. The van der Waals surface area contributed by atoms with Crippen LogP contribution in [0.1, 0.15) is 62.2 Å². The Morgan fingerprint density at radius 3 is 2.65 bits per heavy atom. The van der Waals surface area contributed by atoms with E-state index in [1.165, 1.54) is 38.5 Å². The van der Waals surface area contributed by atoms with Crippen molar-refractivity contribution >= 4 is 5.78 Å². The van der Waals surface area contributed by atoms with Crippen molar-refractivity contribution in [2.24, 2.45) is 0 Å². The number of fused-ring (bicyclic) bond motifs is 1. The van der Waals surface area contributed by atoms with Crippen LogP contribution in [0.2, 0.25) is 0 Å². The van der Waals surface area contributed by atoms with Gasteiger partial charge in [0, 0.05) is 6.07 Å². The summed E-state index contributed by atoms with van der Waals surface area (Å²) in [5.74, 6) is 1.51. The maximum Gasteiger partial charge on any atom is 0.203 e. The van der Waals surface area contributed by atoms with Gasteiger partial charge in [-0.25, -0.2) is 0 Å². The van der Waals surface area contributed by atoms with Gasteiger partial charge in [0.15, 0.2) is 6.61 Å². The van der Waals surface area contributed by atoms with Crippen LogP contribution in [0, 0.1) is 0 Å². The second kappa shape index (κ2) is 7.93. The van der Waals surface area contributed by atoms with Crippen molar-refractivity contribution in [2.45, 2.75) is 51.9 Å². The van der Waals surface area contributed by atoms with Crippen LogP contribution in [-0.2, 0) is 0 Å². The van der Waals surface area contributed by atoms with Gasteiger partial charge in [-0.05, 0) is 18.6 Å². The Balaban J connectivity index is 1.62. The van der Waals surface area contributed by atoms with E-state index in [1.54, 1.807) is 6.07 Å². The molecule has 1 heterocycles. The molecule has 20 heavy (non-hydrogen) atoms. The van der Waals surface area contributed by atoms with E-state index in [2.05, 4.69) is 6.92 Å². The third-order valence-electron chi connectivity index (χ3n) is 3.63. The normalized spacial score (nSPS) is 13.2. The fourth-order valence-corrected chi connectivity index (χ4v) is 2.41. The van der Waals surface area contributed by atoms with E-state index in [0.29, 0.717) is 11.3 Å². The fraction of sp³-hybridized carbons (Fsp3) is 0.588. The number of ketones is 1. The quantitative estimate of drug-likeness (QED) is 0.627. The lowest BCUT2D eigenvalue weighted by atomic mass is 10.1. The van der Waals surface area contributed by atoms with Crippen LogP contribution in [0.25, 0.3) is 0 Å². The first kappa shape index (κ1) is 14.9. The van der Waals surface area contributed by atoms with Crippen molar-refractivity contribution in [1.82, 2.24) is 0 Å². The summed E-state index contributed by atoms with van der Waals surface area (Å²) in [6.45, 7) is 3.14. The largest absolute Gasteiger partial charge is 0.493 e. The minimum Gasteiger partial charge on any atom is -0.493 e. The maximum atomic E-state index is 11.4. The maximum absolute atomic E-state index is 11.4. The van der Waals surface area contributed by atoms with Crippen LogP contribution in [0.3, 0.4) is 0 Å². The topological polar surface area (TPSA) is 35.5 Å². The van der Waals surface area contributed by atoms with Gasteiger partial charge in [-0.1, -0.05) is 45.4 Å². The van der Waals surface area contributed by atoms with Gasteiger partial charge in [-0.15, -0.1) is 0 Å². The second-order valence-corrected chi connectivity index (χ2v) is 5.34. The van der Waals surface area contributed by atoms with Gasteiger partial charge < -0.3 is 9.47 Å². The lowest BCUT2D eigenvalue weighted by Crippen LogP contribution is -1.98. The molecule has 0 amide bonds. The molecule has 0 spiro atoms. The third-order valence-corrected chi connectivity index (χ3v) is 3.63. The summed E-state index contributed by atoms with van der Waals surface area (Å²) in [6, 6.07) is 5.47. The van der Waals surface area contributed by atoms with Gasteiger partial charge in [0.25, 0.3) is 0 Å². The molecule has 1 aliphatic rings. The molecular formula is C17H24O3. The Morgan fingerprint density at radius 1 is 1.10 bits per heavy atom. The predicted octanol–water partition coefficient (Wildman–Crippen LogP) is 4.39. The van der Waals surface area contributed by atoms with Crippen LogP contribution >= 0.6 is 0 Å². The Morgan fingerprint density at radius 2 is 1.85 bits per heavy atom. The van der Waals surface area contributed by atoms with Crippen LogP contribution in [0.15, 0.2) is 18.2 Å². The number of hydrogen-bond donors (Lipinski definition) is 0. The highest BCUT2D eigenvalue weighted by molar-refractivity contribution is 6.02. The van der Waals surface area contributed by atoms with Gasteiger partial charge in [-0.3, -0.25) is 4.79 Å². The van der Waals surface area contributed by atoms with E-state index in [4.69, 9.17) is 9.47 Å². The molecule has 0 atom stereocenters. The highest BCUT2D eigenvalue weighted by atomic mass is 16.5. The molecule has 0 aromatic heterocycles. The summed E-state index contributed by atoms with van der Waals surface area (Å²) in [5.41, 5.74) is 0.674. The van der Waals surface area contributed by atoms with E-state index in [0.717, 1.165) is 18.8 Å². The number of unbranched alkanes of at least 4 members (excludes halogenated alkanes) is 6. The Labute approximate surface area is 121 Å². The van der Waals surface area contributed by atoms with Crippen LogP contribution in [0.5, 0.6) is 11.5 Å². The molecular weight excluding hydrogens is 252 g/mol. The molecule has 0 saturated heterocycles. The van der Waals surface area contributed by atoms with Crippen LogP contribution < -0.4 is 9.47 Å². The van der Waals surface area contributed by atoms with E-state index in [1.807, 2.05) is 12.1 Å². The fourth-order valence-electron chi connectivity index (χ4n) is 2.41. The van der Waals surface area contributed by atoms with Gasteiger partial charge in [0.05, 0.1) is 12.2 Å². The summed E-state index contributed by atoms with van der Waals surface area (Å²) >= 11 is 0. The zero-order chi connectivity index (χ0) is 14.2. The number of carbonyl (C=O) groups is 1. The van der Waals surface area contributed by atoms with Crippen LogP contribution in [-0.4, -0.2) is 19.0 Å². The van der Waals surface area contributed by atoms with E-state index < -0.39 is 0 Å². The van der Waals surface area contributed by atoms with Gasteiger partial charge >= 0.3 is 0 Å². The van der Waals surface area contributed by atoms with Crippen molar-refractivity contribution in [3.8, 4) is 11.5 Å². The number of benzene rings is 1. The summed E-state index contributed by atoms with van der Waals surface area (Å²) in [4.78, 5) is 11.4. The number of carbonyl (C=O) groups excluding carboxylic acids is 1. The average Bonchev–Trinajstić information content (AvgIpc) is 2.83. The molecule has 1 aromatic rings. The number of rotatable bonds is 9. The third kappa shape index (κ3) is 4.26. The van der Waals surface area contributed by atoms with Crippen molar-refractivity contribution in [1.29, 1.82) is 0 Å². The first-order valence-electron chi connectivity index (χ1n) is 7.74. The van der Waals surface area contributed by atoms with Crippen LogP contribution in [0.4, 0.5) is 0 Å². The lowest BCUT2D eigenvalue weighted by Gasteiger charge is -2.07. The Bertz CT molecular complexity index is 440. The molecule has 0 unspecified atom stereocenters. The molecule has 0 saturated carbocycles. The molecule has 0 bridgehead atoms. The molecule has 1 aromatic carbocycles. The highest BCUT2D eigenvalue weighted by Gasteiger charge is 2.21. The summed E-state index contributed by atoms with van der Waals surface area (Å²) in [7, 11) is 0. The SMILES string of the molecule is CCCCCCCCCOc1ccc2c(c1)OCC2=O. The molecule has 1 aliphatic heterocycles. The van der Waals surface area contributed by atoms with E-state index >= 15 is 0 Å². The van der Waals surface area contributed by atoms with E-state index in [-0.39, 0.29) is 12.4 Å². The van der Waals surface area contributed by atoms with Crippen molar-refractivity contribution in [2.75, 3.05) is 13.2 Å². The van der Waals surface area contributed by atoms with Crippen molar-refractivity contribution in [3.05, 3.63) is 23.8 Å². The van der Waals surface area contributed by atoms with Crippen molar-refractivity contribution in [3.63, 3.8) is 0 Å². The minimum absolute atomic E-state index is 0.0543. The van der Waals surface area contributed by atoms with Crippen molar-refractivity contribution < 1.29 is 14.3 Å². The standard InChI is InChI=1S/C17H24O3/c1-2-3-4-5-6-7-8-11-19-14-9-10-15-16(18)13-20-17(15)12-14/h9-10,12H,2-8,11,13H2,1H3. The van der Waals surface area contributed by atoms with Gasteiger partial charge in [-0.2, -0.15) is 0 Å². The van der Waals surface area contributed by atoms with E-state index in [9.17, 15) is 4.79 Å².